The molecule has 0 spiro atoms. The molecule has 2 N–H and O–H groups in total. The number of nitrogens with zero attached hydrogens (tertiary/aromatic N) is 2. The van der Waals surface area contributed by atoms with Crippen LogP contribution in [0.1, 0.15) is 12.8 Å². The summed E-state index contributed by atoms with van der Waals surface area (Å²) < 4.78 is 5.15. The number of rotatable bonds is 5. The van der Waals surface area contributed by atoms with Gasteiger partial charge in [0.05, 0.1) is 19.3 Å². The molecule has 2 atom stereocenters. The van der Waals surface area contributed by atoms with Crippen molar-refractivity contribution in [1.82, 2.24) is 15.1 Å². The van der Waals surface area contributed by atoms with Crippen molar-refractivity contribution < 1.29 is 24.2 Å². The molecule has 2 aliphatic rings. The molecule has 2 rings (SSSR count). The molecule has 0 aromatic rings. The molecule has 2 unspecified atom stereocenters. The van der Waals surface area contributed by atoms with Crippen LogP contribution in [-0.2, 0) is 14.3 Å². The first-order valence-corrected chi connectivity index (χ1v) is 6.98. The molecular weight excluding hydrogens is 278 g/mol. The number of ether oxygens (including phenoxy) is 1. The smallest absolute Gasteiger partial charge is 0.320 e. The van der Waals surface area contributed by atoms with Gasteiger partial charge in [-0.3, -0.25) is 9.59 Å². The lowest BCUT2D eigenvalue weighted by molar-refractivity contribution is -0.142. The Balaban J connectivity index is 1.88. The first-order chi connectivity index (χ1) is 9.90. The fraction of sp³-hybridized carbons (Fsp3) is 0.769. The van der Waals surface area contributed by atoms with Gasteiger partial charge in [0.25, 0.3) is 0 Å². The number of carboxylic acids is 1. The maximum atomic E-state index is 12.3. The zero-order valence-corrected chi connectivity index (χ0v) is 12.2. The van der Waals surface area contributed by atoms with Crippen LogP contribution in [0.5, 0.6) is 0 Å². The molecule has 0 radical (unpaired) electrons. The van der Waals surface area contributed by atoms with Crippen molar-refractivity contribution in [3.05, 3.63) is 0 Å². The van der Waals surface area contributed by atoms with E-state index in [9.17, 15) is 14.4 Å². The Kier molecular flexibility index (Phi) is 4.66. The lowest BCUT2D eigenvalue weighted by Crippen LogP contribution is -2.50. The predicted molar refractivity (Wildman–Crippen MR) is 72.7 cm³/mol. The van der Waals surface area contributed by atoms with E-state index in [4.69, 9.17) is 9.84 Å². The van der Waals surface area contributed by atoms with E-state index in [1.165, 1.54) is 23.9 Å². The maximum absolute atomic E-state index is 12.3. The number of aliphatic carboxylic acids is 1. The Hall–Kier alpha value is -1.83. The number of carboxylic acid groups (broad SMARTS) is 1. The minimum atomic E-state index is -0.980. The van der Waals surface area contributed by atoms with E-state index < -0.39 is 17.9 Å². The van der Waals surface area contributed by atoms with Crippen LogP contribution in [0.4, 0.5) is 4.79 Å². The van der Waals surface area contributed by atoms with Gasteiger partial charge in [0.2, 0.25) is 5.91 Å². The maximum Gasteiger partial charge on any atom is 0.320 e. The summed E-state index contributed by atoms with van der Waals surface area (Å²) in [5.74, 6) is -1.90. The molecule has 0 aromatic carbocycles. The van der Waals surface area contributed by atoms with Crippen molar-refractivity contribution in [1.29, 1.82) is 0 Å². The molecular formula is C13H21N3O5. The third kappa shape index (κ3) is 3.84. The van der Waals surface area contributed by atoms with Crippen LogP contribution < -0.4 is 5.32 Å². The van der Waals surface area contributed by atoms with Gasteiger partial charge >= 0.3 is 12.0 Å². The summed E-state index contributed by atoms with van der Waals surface area (Å²) in [6.07, 6.45) is 1.98. The second-order valence-corrected chi connectivity index (χ2v) is 5.64. The molecule has 2 fully saturated rings. The zero-order valence-electron chi connectivity index (χ0n) is 12.2. The van der Waals surface area contributed by atoms with Gasteiger partial charge in [-0.15, -0.1) is 0 Å². The largest absolute Gasteiger partial charge is 0.481 e. The predicted octanol–water partition coefficient (Wildman–Crippen LogP) is -0.652. The lowest BCUT2D eigenvalue weighted by Gasteiger charge is -2.30. The standard InChI is InChI=1S/C13H21N3O5/c1-15(5-11(17)14-8-3-4-8)13(20)16(2)10-7-21-6-9(10)12(18)19/h8-10H,3-7H2,1-2H3,(H,14,17)(H,18,19). The minimum absolute atomic E-state index is 0.0367. The third-order valence-electron chi connectivity index (χ3n) is 3.82. The third-order valence-corrected chi connectivity index (χ3v) is 3.82. The van der Waals surface area contributed by atoms with Gasteiger partial charge < -0.3 is 25.0 Å². The average Bonchev–Trinajstić information content (AvgIpc) is 3.08. The summed E-state index contributed by atoms with van der Waals surface area (Å²) in [4.78, 5) is 37.7. The molecule has 0 aromatic heterocycles. The SMILES string of the molecule is CN(CC(=O)NC1CC1)C(=O)N(C)C1COCC1C(=O)O. The van der Waals surface area contributed by atoms with Gasteiger partial charge in [-0.2, -0.15) is 0 Å². The molecule has 0 bridgehead atoms. The summed E-state index contributed by atoms with van der Waals surface area (Å²) in [7, 11) is 3.06. The molecule has 1 saturated carbocycles. The van der Waals surface area contributed by atoms with Crippen molar-refractivity contribution in [2.24, 2.45) is 5.92 Å². The van der Waals surface area contributed by atoms with E-state index >= 15 is 0 Å². The Morgan fingerprint density at radius 2 is 1.90 bits per heavy atom. The van der Waals surface area contributed by atoms with Gasteiger partial charge in [-0.25, -0.2) is 4.79 Å². The topological polar surface area (TPSA) is 99.2 Å². The van der Waals surface area contributed by atoms with Crippen LogP contribution in [0.2, 0.25) is 0 Å². The Labute approximate surface area is 123 Å². The fourth-order valence-electron chi connectivity index (χ4n) is 2.36. The normalized spacial score (nSPS) is 24.5. The van der Waals surface area contributed by atoms with Crippen LogP contribution in [0.15, 0.2) is 0 Å². The number of amides is 3. The number of urea groups is 1. The van der Waals surface area contributed by atoms with Gasteiger partial charge in [-0.1, -0.05) is 0 Å². The van der Waals surface area contributed by atoms with E-state index in [0.29, 0.717) is 0 Å². The van der Waals surface area contributed by atoms with Gasteiger partial charge in [-0.05, 0) is 12.8 Å². The number of carbonyl (C=O) groups is 3. The summed E-state index contributed by atoms with van der Waals surface area (Å²) in [6.45, 7) is 0.260. The Morgan fingerprint density at radius 3 is 2.48 bits per heavy atom. The van der Waals surface area contributed by atoms with Crippen LogP contribution >= 0.6 is 0 Å². The fourth-order valence-corrected chi connectivity index (χ4v) is 2.36. The molecule has 1 aliphatic carbocycles. The summed E-state index contributed by atoms with van der Waals surface area (Å²) in [5, 5.41) is 11.9. The van der Waals surface area contributed by atoms with Crippen LogP contribution in [-0.4, -0.2) is 78.8 Å². The first kappa shape index (κ1) is 15.6. The quantitative estimate of drug-likeness (QED) is 0.702. The molecule has 8 heteroatoms. The van der Waals surface area contributed by atoms with Crippen molar-refractivity contribution in [3.8, 4) is 0 Å². The van der Waals surface area contributed by atoms with E-state index in [1.807, 2.05) is 0 Å². The molecule has 8 nitrogen and oxygen atoms in total. The Morgan fingerprint density at radius 1 is 1.24 bits per heavy atom. The summed E-state index contributed by atoms with van der Waals surface area (Å²) in [6, 6.07) is -0.648. The van der Waals surface area contributed by atoms with Crippen molar-refractivity contribution in [2.75, 3.05) is 33.9 Å². The van der Waals surface area contributed by atoms with Crippen molar-refractivity contribution in [3.63, 3.8) is 0 Å². The van der Waals surface area contributed by atoms with E-state index in [-0.39, 0.29) is 37.7 Å². The number of likely N-dealkylation sites (N-methyl/N-ethyl adjacent to an activating group) is 2. The van der Waals surface area contributed by atoms with Gasteiger partial charge in [0, 0.05) is 20.1 Å². The highest BCUT2D eigenvalue weighted by Gasteiger charge is 2.39. The molecule has 21 heavy (non-hydrogen) atoms. The highest BCUT2D eigenvalue weighted by molar-refractivity contribution is 5.84. The lowest BCUT2D eigenvalue weighted by atomic mass is 10.0. The van der Waals surface area contributed by atoms with E-state index in [2.05, 4.69) is 5.32 Å². The van der Waals surface area contributed by atoms with Crippen LogP contribution in [0.3, 0.4) is 0 Å². The first-order valence-electron chi connectivity index (χ1n) is 6.98. The minimum Gasteiger partial charge on any atom is -0.481 e. The number of hydrogen-bond acceptors (Lipinski definition) is 4. The van der Waals surface area contributed by atoms with Crippen LogP contribution in [0, 0.1) is 5.92 Å². The molecule has 118 valence electrons. The summed E-state index contributed by atoms with van der Waals surface area (Å²) in [5.41, 5.74) is 0. The van der Waals surface area contributed by atoms with Gasteiger partial charge in [0.1, 0.15) is 12.5 Å². The average molecular weight is 299 g/mol. The summed E-state index contributed by atoms with van der Waals surface area (Å²) >= 11 is 0. The number of carbonyl (C=O) groups excluding carboxylic acids is 2. The van der Waals surface area contributed by atoms with E-state index in [1.54, 1.807) is 0 Å². The molecule has 3 amide bonds. The van der Waals surface area contributed by atoms with Crippen molar-refractivity contribution in [2.45, 2.75) is 24.9 Å². The Bertz CT molecular complexity index is 438. The number of hydrogen-bond donors (Lipinski definition) is 2. The van der Waals surface area contributed by atoms with Crippen LogP contribution in [0.25, 0.3) is 0 Å². The highest BCUT2D eigenvalue weighted by Crippen LogP contribution is 2.20. The van der Waals surface area contributed by atoms with E-state index in [0.717, 1.165) is 12.8 Å². The second-order valence-electron chi connectivity index (χ2n) is 5.64. The monoisotopic (exact) mass is 299 g/mol. The molecule has 1 saturated heterocycles. The molecule has 1 heterocycles. The molecule has 1 aliphatic heterocycles. The second kappa shape index (κ2) is 6.30. The van der Waals surface area contributed by atoms with Crippen molar-refractivity contribution >= 4 is 17.9 Å². The number of nitrogens with one attached hydrogen (secondary N) is 1. The van der Waals surface area contributed by atoms with Gasteiger partial charge in [0.15, 0.2) is 0 Å². The highest BCUT2D eigenvalue weighted by atomic mass is 16.5. The zero-order chi connectivity index (χ0) is 15.6.